The molecule has 1 aliphatic rings. The van der Waals surface area contributed by atoms with E-state index in [1.165, 1.54) is 19.3 Å². The molecule has 0 bridgehead atoms. The molecule has 0 saturated heterocycles. The highest BCUT2D eigenvalue weighted by molar-refractivity contribution is 4.99. The van der Waals surface area contributed by atoms with Gasteiger partial charge in [0.05, 0.1) is 0 Å². The van der Waals surface area contributed by atoms with E-state index in [4.69, 9.17) is 0 Å². The zero-order chi connectivity index (χ0) is 9.03. The minimum atomic E-state index is 0.531. The number of allylic oxidation sites excluding steroid dienone is 2. The predicted octanol–water partition coefficient (Wildman–Crippen LogP) is 2.59. The molecule has 0 aromatic heterocycles. The van der Waals surface area contributed by atoms with E-state index >= 15 is 0 Å². The second-order valence-electron chi connectivity index (χ2n) is 4.26. The molecule has 0 aromatic carbocycles. The summed E-state index contributed by atoms with van der Waals surface area (Å²) in [4.78, 5) is 0. The molecule has 0 aliphatic heterocycles. The average Bonchev–Trinajstić information content (AvgIpc) is 2.06. The highest BCUT2D eigenvalue weighted by atomic mass is 14.8. The third-order valence-electron chi connectivity index (χ3n) is 3.25. The molecule has 1 aliphatic carbocycles. The number of hydrogen-bond acceptors (Lipinski definition) is 1. The first kappa shape index (κ1) is 9.79. The van der Waals surface area contributed by atoms with Gasteiger partial charge in [0.15, 0.2) is 0 Å². The Morgan fingerprint density at radius 2 is 2.17 bits per heavy atom. The average molecular weight is 167 g/mol. The summed E-state index contributed by atoms with van der Waals surface area (Å²) >= 11 is 0. The summed E-state index contributed by atoms with van der Waals surface area (Å²) in [6.45, 7) is 5.85. The molecule has 1 unspecified atom stereocenters. The van der Waals surface area contributed by atoms with Gasteiger partial charge in [0.2, 0.25) is 0 Å². The summed E-state index contributed by atoms with van der Waals surface area (Å²) in [7, 11) is 2.06. The van der Waals surface area contributed by atoms with Gasteiger partial charge in [-0.2, -0.15) is 0 Å². The van der Waals surface area contributed by atoms with Crippen LogP contribution >= 0.6 is 0 Å². The Morgan fingerprint density at radius 3 is 2.58 bits per heavy atom. The molecule has 1 rings (SSSR count). The normalized spacial score (nSPS) is 29.7. The molecule has 0 radical (unpaired) electrons. The largest absolute Gasteiger partial charge is 0.319 e. The van der Waals surface area contributed by atoms with Gasteiger partial charge in [-0.25, -0.2) is 0 Å². The fraction of sp³-hybridized carbons (Fsp3) is 0.818. The second kappa shape index (κ2) is 4.08. The lowest BCUT2D eigenvalue weighted by atomic mass is 9.69. The second-order valence-corrected chi connectivity index (χ2v) is 4.26. The summed E-state index contributed by atoms with van der Waals surface area (Å²) in [6, 6.07) is 0. The van der Waals surface area contributed by atoms with Gasteiger partial charge in [-0.1, -0.05) is 26.0 Å². The van der Waals surface area contributed by atoms with Crippen LogP contribution < -0.4 is 5.32 Å². The first-order chi connectivity index (χ1) is 5.71. The Hall–Kier alpha value is -0.300. The predicted molar refractivity (Wildman–Crippen MR) is 54.2 cm³/mol. The summed E-state index contributed by atoms with van der Waals surface area (Å²) in [5, 5.41) is 3.33. The Kier molecular flexibility index (Phi) is 3.33. The number of rotatable bonds is 3. The molecule has 70 valence electrons. The molecule has 0 spiro atoms. The first-order valence-electron chi connectivity index (χ1n) is 5.01. The summed E-state index contributed by atoms with van der Waals surface area (Å²) < 4.78 is 0. The SMILES string of the molecule is CNCC1(C(C)C)CC=CCC1. The third kappa shape index (κ3) is 1.89. The smallest absolute Gasteiger partial charge is 0.00103 e. The van der Waals surface area contributed by atoms with Gasteiger partial charge >= 0.3 is 0 Å². The van der Waals surface area contributed by atoms with Crippen LogP contribution in [0.2, 0.25) is 0 Å². The molecule has 1 nitrogen and oxygen atoms in total. The van der Waals surface area contributed by atoms with Crippen molar-refractivity contribution < 1.29 is 0 Å². The Morgan fingerprint density at radius 1 is 1.42 bits per heavy atom. The highest BCUT2D eigenvalue weighted by Gasteiger charge is 2.32. The van der Waals surface area contributed by atoms with Crippen LogP contribution in [-0.2, 0) is 0 Å². The fourth-order valence-corrected chi connectivity index (χ4v) is 2.15. The van der Waals surface area contributed by atoms with Crippen molar-refractivity contribution in [3.05, 3.63) is 12.2 Å². The lowest BCUT2D eigenvalue weighted by Gasteiger charge is -2.38. The first-order valence-corrected chi connectivity index (χ1v) is 5.01. The lowest BCUT2D eigenvalue weighted by molar-refractivity contribution is 0.166. The highest BCUT2D eigenvalue weighted by Crippen LogP contribution is 2.38. The van der Waals surface area contributed by atoms with E-state index in [1.54, 1.807) is 0 Å². The van der Waals surface area contributed by atoms with Gasteiger partial charge in [0.1, 0.15) is 0 Å². The van der Waals surface area contributed by atoms with Crippen LogP contribution in [0, 0.1) is 11.3 Å². The van der Waals surface area contributed by atoms with E-state index in [-0.39, 0.29) is 0 Å². The van der Waals surface area contributed by atoms with Crippen LogP contribution in [-0.4, -0.2) is 13.6 Å². The molecule has 1 heteroatoms. The van der Waals surface area contributed by atoms with Gasteiger partial charge in [-0.3, -0.25) is 0 Å². The van der Waals surface area contributed by atoms with E-state index in [9.17, 15) is 0 Å². The van der Waals surface area contributed by atoms with Crippen molar-refractivity contribution in [2.45, 2.75) is 33.1 Å². The van der Waals surface area contributed by atoms with Gasteiger partial charge in [0.25, 0.3) is 0 Å². The lowest BCUT2D eigenvalue weighted by Crippen LogP contribution is -2.37. The van der Waals surface area contributed by atoms with Crippen LogP contribution in [0.15, 0.2) is 12.2 Å². The van der Waals surface area contributed by atoms with Gasteiger partial charge in [0, 0.05) is 6.54 Å². The van der Waals surface area contributed by atoms with Crippen molar-refractivity contribution in [3.8, 4) is 0 Å². The van der Waals surface area contributed by atoms with Crippen LogP contribution in [0.3, 0.4) is 0 Å². The number of hydrogen-bond donors (Lipinski definition) is 1. The van der Waals surface area contributed by atoms with Gasteiger partial charge in [-0.05, 0) is 37.6 Å². The fourth-order valence-electron chi connectivity index (χ4n) is 2.15. The maximum atomic E-state index is 3.33. The van der Waals surface area contributed by atoms with Crippen molar-refractivity contribution in [3.63, 3.8) is 0 Å². The van der Waals surface area contributed by atoms with Crippen molar-refractivity contribution in [1.82, 2.24) is 5.32 Å². The monoisotopic (exact) mass is 167 g/mol. The zero-order valence-corrected chi connectivity index (χ0v) is 8.56. The van der Waals surface area contributed by atoms with Gasteiger partial charge in [-0.15, -0.1) is 0 Å². The van der Waals surface area contributed by atoms with Gasteiger partial charge < -0.3 is 5.32 Å². The summed E-state index contributed by atoms with van der Waals surface area (Å²) in [5.74, 6) is 0.787. The molecular formula is C11H21N. The topological polar surface area (TPSA) is 12.0 Å². The van der Waals surface area contributed by atoms with E-state index in [1.807, 2.05) is 0 Å². The molecule has 0 fully saturated rings. The van der Waals surface area contributed by atoms with Crippen LogP contribution in [0.5, 0.6) is 0 Å². The Bertz CT molecular complexity index is 160. The number of nitrogens with one attached hydrogen (secondary N) is 1. The van der Waals surface area contributed by atoms with Crippen molar-refractivity contribution in [2.75, 3.05) is 13.6 Å². The van der Waals surface area contributed by atoms with E-state index in [0.717, 1.165) is 12.5 Å². The van der Waals surface area contributed by atoms with Crippen LogP contribution in [0.25, 0.3) is 0 Å². The van der Waals surface area contributed by atoms with Crippen molar-refractivity contribution in [1.29, 1.82) is 0 Å². The summed E-state index contributed by atoms with van der Waals surface area (Å²) in [5.41, 5.74) is 0.531. The molecule has 0 saturated carbocycles. The molecule has 12 heavy (non-hydrogen) atoms. The standard InChI is InChI=1S/C11H21N/c1-10(2)11(9-12-3)7-5-4-6-8-11/h4-5,10,12H,6-9H2,1-3H3. The molecule has 1 N–H and O–H groups in total. The molecule has 1 atom stereocenters. The minimum Gasteiger partial charge on any atom is -0.319 e. The van der Waals surface area contributed by atoms with Crippen LogP contribution in [0.4, 0.5) is 0 Å². The summed E-state index contributed by atoms with van der Waals surface area (Å²) in [6.07, 6.45) is 8.53. The van der Waals surface area contributed by atoms with Crippen molar-refractivity contribution in [2.24, 2.45) is 11.3 Å². The quantitative estimate of drug-likeness (QED) is 0.637. The Labute approximate surface area is 76.2 Å². The van der Waals surface area contributed by atoms with Crippen LogP contribution in [0.1, 0.15) is 33.1 Å². The minimum absolute atomic E-state index is 0.531. The zero-order valence-electron chi connectivity index (χ0n) is 8.56. The van der Waals surface area contributed by atoms with E-state index in [0.29, 0.717) is 5.41 Å². The van der Waals surface area contributed by atoms with Crippen molar-refractivity contribution >= 4 is 0 Å². The van der Waals surface area contributed by atoms with E-state index in [2.05, 4.69) is 38.4 Å². The molecule has 0 heterocycles. The molecular weight excluding hydrogens is 146 g/mol. The van der Waals surface area contributed by atoms with E-state index < -0.39 is 0 Å². The maximum absolute atomic E-state index is 3.33. The third-order valence-corrected chi connectivity index (χ3v) is 3.25. The maximum Gasteiger partial charge on any atom is 0.00103 e. The molecule has 0 aromatic rings. The molecule has 0 amide bonds. The Balaban J connectivity index is 2.64.